The predicted molar refractivity (Wildman–Crippen MR) is 118 cm³/mol. The van der Waals surface area contributed by atoms with Crippen molar-refractivity contribution in [1.29, 1.82) is 0 Å². The first-order chi connectivity index (χ1) is 14.9. The van der Waals surface area contributed by atoms with E-state index >= 15 is 0 Å². The van der Waals surface area contributed by atoms with Crippen molar-refractivity contribution >= 4 is 28.7 Å². The maximum atomic E-state index is 13.0. The van der Waals surface area contributed by atoms with Crippen LogP contribution in [0.2, 0.25) is 0 Å². The van der Waals surface area contributed by atoms with Crippen molar-refractivity contribution in [2.45, 2.75) is 38.9 Å². The summed E-state index contributed by atoms with van der Waals surface area (Å²) in [4.78, 5) is 44.3. The van der Waals surface area contributed by atoms with Gasteiger partial charge < -0.3 is 15.2 Å². The number of para-hydroxylation sites is 1. The lowest BCUT2D eigenvalue weighted by Crippen LogP contribution is -2.45. The van der Waals surface area contributed by atoms with Crippen molar-refractivity contribution in [3.8, 4) is 0 Å². The minimum atomic E-state index is -0.680. The van der Waals surface area contributed by atoms with E-state index in [4.69, 9.17) is 0 Å². The fourth-order valence-corrected chi connectivity index (χ4v) is 3.95. The number of nitrogens with zero attached hydrogens (tertiary/aromatic N) is 2. The van der Waals surface area contributed by atoms with Crippen LogP contribution < -0.4 is 5.32 Å². The van der Waals surface area contributed by atoms with Gasteiger partial charge in [0.1, 0.15) is 12.6 Å². The van der Waals surface area contributed by atoms with Crippen LogP contribution in [0.3, 0.4) is 0 Å². The Hall–Kier alpha value is -3.61. The first kappa shape index (κ1) is 20.7. The van der Waals surface area contributed by atoms with Gasteiger partial charge in [0, 0.05) is 36.1 Å². The maximum Gasteiger partial charge on any atom is 0.325 e. The van der Waals surface area contributed by atoms with Gasteiger partial charge in [-0.15, -0.1) is 0 Å². The molecule has 0 bridgehead atoms. The molecule has 160 valence electrons. The second kappa shape index (κ2) is 8.63. The fourth-order valence-electron chi connectivity index (χ4n) is 3.95. The highest BCUT2D eigenvalue weighted by molar-refractivity contribution is 6.06. The molecular weight excluding hydrogens is 392 g/mol. The zero-order chi connectivity index (χ0) is 22.0. The predicted octanol–water partition coefficient (Wildman–Crippen LogP) is 3.07. The van der Waals surface area contributed by atoms with Gasteiger partial charge in [-0.05, 0) is 31.0 Å². The van der Waals surface area contributed by atoms with Crippen molar-refractivity contribution in [3.63, 3.8) is 0 Å². The van der Waals surface area contributed by atoms with E-state index in [0.29, 0.717) is 13.0 Å². The van der Waals surface area contributed by atoms with Crippen LogP contribution in [-0.4, -0.2) is 51.3 Å². The number of carbonyl (C=O) groups excluding carboxylic acids is 3. The third-order valence-electron chi connectivity index (χ3n) is 5.64. The van der Waals surface area contributed by atoms with Crippen molar-refractivity contribution in [2.24, 2.45) is 0 Å². The highest BCUT2D eigenvalue weighted by Gasteiger charge is 2.40. The number of amides is 4. The molecule has 4 amide bonds. The van der Waals surface area contributed by atoms with Crippen molar-refractivity contribution in [2.75, 3.05) is 6.54 Å². The van der Waals surface area contributed by atoms with Crippen molar-refractivity contribution < 1.29 is 14.4 Å². The number of H-pyrrole nitrogens is 1. The number of imide groups is 1. The van der Waals surface area contributed by atoms with Crippen molar-refractivity contribution in [1.82, 2.24) is 20.1 Å². The summed E-state index contributed by atoms with van der Waals surface area (Å²) >= 11 is 0. The summed E-state index contributed by atoms with van der Waals surface area (Å²) in [6.07, 6.45) is 2.23. The monoisotopic (exact) mass is 418 g/mol. The molecule has 2 N–H and O–H groups in total. The lowest BCUT2D eigenvalue weighted by molar-refractivity contribution is -0.139. The van der Waals surface area contributed by atoms with Gasteiger partial charge in [0.25, 0.3) is 5.91 Å². The minimum absolute atomic E-state index is 0.0597. The van der Waals surface area contributed by atoms with Gasteiger partial charge in [-0.25, -0.2) is 4.79 Å². The molecule has 31 heavy (non-hydrogen) atoms. The SMILES string of the molecule is CC(C)N(Cc1ccccc1)C(=O)CN1C(=O)NC(Cc2c[nH]c3ccccc23)C1=O. The highest BCUT2D eigenvalue weighted by atomic mass is 16.2. The number of fused-ring (bicyclic) bond motifs is 1. The first-order valence-electron chi connectivity index (χ1n) is 10.4. The molecule has 2 aromatic carbocycles. The highest BCUT2D eigenvalue weighted by Crippen LogP contribution is 2.21. The molecular formula is C24H26N4O3. The molecule has 2 heterocycles. The molecule has 1 aromatic heterocycles. The van der Waals surface area contributed by atoms with Gasteiger partial charge in [-0.1, -0.05) is 48.5 Å². The Morgan fingerprint density at radius 1 is 1.06 bits per heavy atom. The van der Waals surface area contributed by atoms with Gasteiger partial charge in [-0.3, -0.25) is 14.5 Å². The van der Waals surface area contributed by atoms with Crippen LogP contribution in [0.15, 0.2) is 60.8 Å². The van der Waals surface area contributed by atoms with E-state index in [9.17, 15) is 14.4 Å². The number of hydrogen-bond acceptors (Lipinski definition) is 3. The van der Waals surface area contributed by atoms with Crippen LogP contribution in [0.4, 0.5) is 4.79 Å². The van der Waals surface area contributed by atoms with Crippen molar-refractivity contribution in [3.05, 3.63) is 71.9 Å². The molecule has 1 unspecified atom stereocenters. The van der Waals surface area contributed by atoms with Crippen LogP contribution >= 0.6 is 0 Å². The topological polar surface area (TPSA) is 85.5 Å². The number of rotatable bonds is 7. The van der Waals surface area contributed by atoms with Crippen LogP contribution in [0.1, 0.15) is 25.0 Å². The number of hydrogen-bond donors (Lipinski definition) is 2. The number of nitrogens with one attached hydrogen (secondary N) is 2. The normalized spacial score (nSPS) is 16.2. The smallest absolute Gasteiger partial charge is 0.325 e. The molecule has 3 aromatic rings. The molecule has 1 aliphatic heterocycles. The lowest BCUT2D eigenvalue weighted by atomic mass is 10.1. The summed E-state index contributed by atoms with van der Waals surface area (Å²) < 4.78 is 0. The molecule has 0 radical (unpaired) electrons. The third-order valence-corrected chi connectivity index (χ3v) is 5.64. The van der Waals surface area contributed by atoms with Gasteiger partial charge in [0.05, 0.1) is 0 Å². The minimum Gasteiger partial charge on any atom is -0.361 e. The van der Waals surface area contributed by atoms with Crippen LogP contribution in [0.25, 0.3) is 10.9 Å². The standard InChI is InChI=1S/C24H26N4O3/c1-16(2)27(14-17-8-4-3-5-9-17)22(29)15-28-23(30)21(26-24(28)31)12-18-13-25-20-11-7-6-10-19(18)20/h3-11,13,16,21,25H,12,14-15H2,1-2H3,(H,26,31). The molecule has 0 spiro atoms. The molecule has 0 aliphatic carbocycles. The maximum absolute atomic E-state index is 13.0. The molecule has 1 saturated heterocycles. The van der Waals surface area contributed by atoms with Crippen LogP contribution in [0, 0.1) is 0 Å². The van der Waals surface area contributed by atoms with Gasteiger partial charge in [-0.2, -0.15) is 0 Å². The molecule has 7 heteroatoms. The van der Waals surface area contributed by atoms with Gasteiger partial charge in [0.2, 0.25) is 5.91 Å². The van der Waals surface area contributed by atoms with E-state index in [-0.39, 0.29) is 24.4 Å². The Bertz CT molecular complexity index is 1110. The lowest BCUT2D eigenvalue weighted by Gasteiger charge is -2.28. The summed E-state index contributed by atoms with van der Waals surface area (Å²) in [5.74, 6) is -0.623. The second-order valence-corrected chi connectivity index (χ2v) is 8.09. The second-order valence-electron chi connectivity index (χ2n) is 8.09. The summed E-state index contributed by atoms with van der Waals surface area (Å²) in [5.41, 5.74) is 2.93. The number of carbonyl (C=O) groups is 3. The molecule has 4 rings (SSSR count). The van der Waals surface area contributed by atoms with Crippen LogP contribution in [0.5, 0.6) is 0 Å². The molecule has 7 nitrogen and oxygen atoms in total. The molecule has 0 saturated carbocycles. The summed E-state index contributed by atoms with van der Waals surface area (Å²) in [5, 5.41) is 3.75. The summed E-state index contributed by atoms with van der Waals surface area (Å²) in [6, 6.07) is 16.2. The van der Waals surface area contributed by atoms with E-state index < -0.39 is 12.1 Å². The van der Waals surface area contributed by atoms with E-state index in [0.717, 1.165) is 26.9 Å². The van der Waals surface area contributed by atoms with Gasteiger partial charge >= 0.3 is 6.03 Å². The van der Waals surface area contributed by atoms with E-state index in [1.807, 2.05) is 74.6 Å². The van der Waals surface area contributed by atoms with Gasteiger partial charge in [0.15, 0.2) is 0 Å². The molecule has 1 atom stereocenters. The average Bonchev–Trinajstić information content (AvgIpc) is 3.29. The van der Waals surface area contributed by atoms with E-state index in [2.05, 4.69) is 10.3 Å². The third kappa shape index (κ3) is 4.30. The number of aromatic nitrogens is 1. The summed E-state index contributed by atoms with van der Waals surface area (Å²) in [6.45, 7) is 4.01. The Balaban J connectivity index is 1.45. The van der Waals surface area contributed by atoms with E-state index in [1.54, 1.807) is 4.90 Å². The fraction of sp³-hybridized carbons (Fsp3) is 0.292. The number of benzene rings is 2. The Morgan fingerprint density at radius 3 is 2.52 bits per heavy atom. The molecule has 1 aliphatic rings. The first-order valence-corrected chi connectivity index (χ1v) is 10.4. The Kier molecular flexibility index (Phi) is 5.75. The average molecular weight is 418 g/mol. The van der Waals surface area contributed by atoms with Crippen LogP contribution in [-0.2, 0) is 22.6 Å². The Morgan fingerprint density at radius 2 is 1.77 bits per heavy atom. The number of urea groups is 1. The zero-order valence-electron chi connectivity index (χ0n) is 17.7. The largest absolute Gasteiger partial charge is 0.361 e. The Labute approximate surface area is 181 Å². The zero-order valence-corrected chi connectivity index (χ0v) is 17.7. The molecule has 1 fully saturated rings. The van der Waals surface area contributed by atoms with E-state index in [1.165, 1.54) is 0 Å². The summed E-state index contributed by atoms with van der Waals surface area (Å²) in [7, 11) is 0. The number of aromatic amines is 1. The quantitative estimate of drug-likeness (QED) is 0.578.